The number of hydrogen-bond donors (Lipinski definition) is 1. The lowest BCUT2D eigenvalue weighted by atomic mass is 9.98. The van der Waals surface area contributed by atoms with Crippen LogP contribution in [0.1, 0.15) is 31.7 Å². The molecule has 1 aromatic carbocycles. The van der Waals surface area contributed by atoms with Gasteiger partial charge in [-0.1, -0.05) is 19.9 Å². The zero-order valence-electron chi connectivity index (χ0n) is 8.04. The van der Waals surface area contributed by atoms with E-state index in [0.29, 0.717) is 5.92 Å². The molecule has 1 unspecified atom stereocenters. The average molecular weight is 174 g/mol. The van der Waals surface area contributed by atoms with Crippen LogP contribution in [0.4, 0.5) is 0 Å². The Labute approximate surface area is 78.0 Å². The summed E-state index contributed by atoms with van der Waals surface area (Å²) in [7, 11) is 0. The second-order valence-electron chi connectivity index (χ2n) is 3.53. The molecule has 0 aliphatic rings. The van der Waals surface area contributed by atoms with E-state index in [1.54, 1.807) is 0 Å². The van der Waals surface area contributed by atoms with Crippen molar-refractivity contribution in [2.24, 2.45) is 0 Å². The number of nitrogens with zero attached hydrogens (tertiary/aromatic N) is 1. The van der Waals surface area contributed by atoms with Crippen LogP contribution >= 0.6 is 0 Å². The maximum atomic E-state index is 4.00. The van der Waals surface area contributed by atoms with E-state index in [4.69, 9.17) is 0 Å². The third-order valence-electron chi connectivity index (χ3n) is 2.65. The molecule has 1 aromatic heterocycles. The molecule has 0 fully saturated rings. The molecule has 0 saturated carbocycles. The summed E-state index contributed by atoms with van der Waals surface area (Å²) < 4.78 is 0. The number of H-pyrrole nitrogens is 1. The van der Waals surface area contributed by atoms with Crippen molar-refractivity contribution in [2.45, 2.75) is 26.2 Å². The topological polar surface area (TPSA) is 28.7 Å². The summed E-state index contributed by atoms with van der Waals surface area (Å²) in [4.78, 5) is 0. The zero-order valence-corrected chi connectivity index (χ0v) is 8.04. The summed E-state index contributed by atoms with van der Waals surface area (Å²) in [5.41, 5.74) is 2.52. The van der Waals surface area contributed by atoms with Crippen LogP contribution in [0.15, 0.2) is 24.4 Å². The molecular weight excluding hydrogens is 160 g/mol. The van der Waals surface area contributed by atoms with Gasteiger partial charge in [0, 0.05) is 5.39 Å². The van der Waals surface area contributed by atoms with Gasteiger partial charge in [-0.25, -0.2) is 0 Å². The summed E-state index contributed by atoms with van der Waals surface area (Å²) in [6.07, 6.45) is 3.06. The van der Waals surface area contributed by atoms with Gasteiger partial charge in [0.05, 0.1) is 11.7 Å². The number of hydrogen-bond acceptors (Lipinski definition) is 1. The van der Waals surface area contributed by atoms with Gasteiger partial charge < -0.3 is 0 Å². The molecule has 68 valence electrons. The molecule has 0 amide bonds. The molecule has 2 aromatic rings. The fourth-order valence-electron chi connectivity index (χ4n) is 1.50. The van der Waals surface area contributed by atoms with Crippen LogP contribution in [0.5, 0.6) is 0 Å². The first kappa shape index (κ1) is 8.30. The van der Waals surface area contributed by atoms with Gasteiger partial charge in [0.15, 0.2) is 0 Å². The smallest absolute Gasteiger partial charge is 0.0650 e. The van der Waals surface area contributed by atoms with Crippen molar-refractivity contribution in [3.05, 3.63) is 30.0 Å². The van der Waals surface area contributed by atoms with Crippen molar-refractivity contribution in [3.63, 3.8) is 0 Å². The molecule has 0 bridgehead atoms. The molecule has 0 spiro atoms. The standard InChI is InChI=1S/C11H14N2/c1-3-8(2)9-4-5-11-10(6-9)7-12-13-11/h4-8H,3H2,1-2H3,(H,12,13). The van der Waals surface area contributed by atoms with Gasteiger partial charge in [-0.15, -0.1) is 0 Å². The number of rotatable bonds is 2. The highest BCUT2D eigenvalue weighted by molar-refractivity contribution is 5.78. The van der Waals surface area contributed by atoms with Crippen LogP contribution in [-0.2, 0) is 0 Å². The van der Waals surface area contributed by atoms with E-state index in [0.717, 1.165) is 5.52 Å². The lowest BCUT2D eigenvalue weighted by molar-refractivity contribution is 0.735. The minimum absolute atomic E-state index is 0.638. The monoisotopic (exact) mass is 174 g/mol. The normalized spacial score (nSPS) is 13.4. The van der Waals surface area contributed by atoms with Gasteiger partial charge in [-0.3, -0.25) is 5.10 Å². The van der Waals surface area contributed by atoms with Gasteiger partial charge in [-0.05, 0) is 30.0 Å². The number of aromatic nitrogens is 2. The second kappa shape index (κ2) is 3.21. The molecule has 2 heteroatoms. The Morgan fingerprint density at radius 2 is 2.31 bits per heavy atom. The molecule has 13 heavy (non-hydrogen) atoms. The maximum Gasteiger partial charge on any atom is 0.0650 e. The van der Waals surface area contributed by atoms with E-state index >= 15 is 0 Å². The maximum absolute atomic E-state index is 4.00. The predicted octanol–water partition coefficient (Wildman–Crippen LogP) is 3.08. The SMILES string of the molecule is CCC(C)c1ccc2[nH]ncc2c1. The minimum Gasteiger partial charge on any atom is -0.278 e. The van der Waals surface area contributed by atoms with Crippen LogP contribution in [0.2, 0.25) is 0 Å². The second-order valence-corrected chi connectivity index (χ2v) is 3.53. The first-order valence-electron chi connectivity index (χ1n) is 4.74. The highest BCUT2D eigenvalue weighted by atomic mass is 15.1. The fourth-order valence-corrected chi connectivity index (χ4v) is 1.50. The predicted molar refractivity (Wildman–Crippen MR) is 54.8 cm³/mol. The van der Waals surface area contributed by atoms with Crippen molar-refractivity contribution in [1.82, 2.24) is 10.2 Å². The fraction of sp³-hybridized carbons (Fsp3) is 0.364. The number of fused-ring (bicyclic) bond motifs is 1. The Morgan fingerprint density at radius 3 is 3.08 bits per heavy atom. The van der Waals surface area contributed by atoms with Crippen LogP contribution in [0.3, 0.4) is 0 Å². The Balaban J connectivity index is 2.48. The molecular formula is C11H14N2. The van der Waals surface area contributed by atoms with Gasteiger partial charge >= 0.3 is 0 Å². The van der Waals surface area contributed by atoms with E-state index in [2.05, 4.69) is 42.2 Å². The highest BCUT2D eigenvalue weighted by Gasteiger charge is 2.03. The number of aromatic amines is 1. The van der Waals surface area contributed by atoms with Crippen LogP contribution in [-0.4, -0.2) is 10.2 Å². The van der Waals surface area contributed by atoms with Crippen molar-refractivity contribution < 1.29 is 0 Å². The summed E-state index contributed by atoms with van der Waals surface area (Å²) in [6, 6.07) is 6.49. The Kier molecular flexibility index (Phi) is 2.05. The van der Waals surface area contributed by atoms with Gasteiger partial charge in [0.25, 0.3) is 0 Å². The number of benzene rings is 1. The molecule has 0 radical (unpaired) electrons. The average Bonchev–Trinajstić information content (AvgIpc) is 2.63. The van der Waals surface area contributed by atoms with Crippen molar-refractivity contribution in [1.29, 1.82) is 0 Å². The Bertz CT molecular complexity index is 403. The molecule has 1 heterocycles. The van der Waals surface area contributed by atoms with Crippen LogP contribution in [0, 0.1) is 0 Å². The Morgan fingerprint density at radius 1 is 1.46 bits per heavy atom. The van der Waals surface area contributed by atoms with E-state index < -0.39 is 0 Å². The van der Waals surface area contributed by atoms with E-state index in [-0.39, 0.29) is 0 Å². The third-order valence-corrected chi connectivity index (χ3v) is 2.65. The third kappa shape index (κ3) is 1.44. The lowest BCUT2D eigenvalue weighted by Crippen LogP contribution is -1.89. The summed E-state index contributed by atoms with van der Waals surface area (Å²) in [5, 5.41) is 8.16. The first-order chi connectivity index (χ1) is 6.31. The summed E-state index contributed by atoms with van der Waals surface area (Å²) >= 11 is 0. The van der Waals surface area contributed by atoms with Crippen molar-refractivity contribution in [3.8, 4) is 0 Å². The minimum atomic E-state index is 0.638. The first-order valence-corrected chi connectivity index (χ1v) is 4.74. The highest BCUT2D eigenvalue weighted by Crippen LogP contribution is 2.22. The quantitative estimate of drug-likeness (QED) is 0.744. The van der Waals surface area contributed by atoms with Crippen LogP contribution < -0.4 is 0 Å². The molecule has 1 atom stereocenters. The van der Waals surface area contributed by atoms with E-state index in [9.17, 15) is 0 Å². The van der Waals surface area contributed by atoms with Crippen molar-refractivity contribution >= 4 is 10.9 Å². The van der Waals surface area contributed by atoms with Gasteiger partial charge in [0.1, 0.15) is 0 Å². The molecule has 2 rings (SSSR count). The lowest BCUT2D eigenvalue weighted by Gasteiger charge is -2.07. The zero-order chi connectivity index (χ0) is 9.26. The van der Waals surface area contributed by atoms with E-state index in [1.165, 1.54) is 17.4 Å². The Hall–Kier alpha value is -1.31. The van der Waals surface area contributed by atoms with E-state index in [1.807, 2.05) is 6.20 Å². The molecule has 0 aliphatic carbocycles. The molecule has 1 N–H and O–H groups in total. The number of nitrogens with one attached hydrogen (secondary N) is 1. The van der Waals surface area contributed by atoms with Crippen molar-refractivity contribution in [2.75, 3.05) is 0 Å². The molecule has 0 aliphatic heterocycles. The van der Waals surface area contributed by atoms with Gasteiger partial charge in [-0.2, -0.15) is 5.10 Å². The summed E-state index contributed by atoms with van der Waals surface area (Å²) in [5.74, 6) is 0.638. The van der Waals surface area contributed by atoms with Gasteiger partial charge in [0.2, 0.25) is 0 Å². The molecule has 0 saturated heterocycles. The molecule has 2 nitrogen and oxygen atoms in total. The van der Waals surface area contributed by atoms with Crippen LogP contribution in [0.25, 0.3) is 10.9 Å². The largest absolute Gasteiger partial charge is 0.278 e. The summed E-state index contributed by atoms with van der Waals surface area (Å²) in [6.45, 7) is 4.46.